The molecule has 180 valence electrons. The number of furan rings is 1. The summed E-state index contributed by atoms with van der Waals surface area (Å²) in [5.41, 5.74) is 1.87. The van der Waals surface area contributed by atoms with Crippen LogP contribution in [0.5, 0.6) is 0 Å². The van der Waals surface area contributed by atoms with Crippen LogP contribution in [0.3, 0.4) is 0 Å². The van der Waals surface area contributed by atoms with Crippen molar-refractivity contribution >= 4 is 27.7 Å². The molecule has 2 fully saturated rings. The van der Waals surface area contributed by atoms with Crippen LogP contribution in [0, 0.1) is 0 Å². The van der Waals surface area contributed by atoms with Crippen LogP contribution in [0.2, 0.25) is 0 Å². The van der Waals surface area contributed by atoms with Gasteiger partial charge in [0.15, 0.2) is 9.84 Å². The molecular formula is C24H27N3O6S. The SMILES string of the molecule is C[C@]1(c2ccc3c(c2)CCC3)NC(=O)N(CC(=O)N(Cc2ccco2)[C@H]2CCS(=O)(=O)C2)C1=O. The van der Waals surface area contributed by atoms with Gasteiger partial charge < -0.3 is 14.6 Å². The first-order valence-corrected chi connectivity index (χ1v) is 13.3. The molecule has 2 aromatic rings. The van der Waals surface area contributed by atoms with Crippen molar-refractivity contribution in [2.45, 2.75) is 50.7 Å². The fourth-order valence-electron chi connectivity index (χ4n) is 5.16. The summed E-state index contributed by atoms with van der Waals surface area (Å²) in [5.74, 6) is -0.648. The summed E-state index contributed by atoms with van der Waals surface area (Å²) in [6.07, 6.45) is 4.80. The van der Waals surface area contributed by atoms with Crippen LogP contribution in [0.1, 0.15) is 42.2 Å². The summed E-state index contributed by atoms with van der Waals surface area (Å²) in [6, 6.07) is 8.04. The molecule has 0 radical (unpaired) electrons. The number of carbonyl (C=O) groups excluding carboxylic acids is 3. The molecule has 0 spiro atoms. The number of imide groups is 1. The van der Waals surface area contributed by atoms with Crippen molar-refractivity contribution in [3.8, 4) is 0 Å². The van der Waals surface area contributed by atoms with Gasteiger partial charge in [-0.3, -0.25) is 14.5 Å². The summed E-state index contributed by atoms with van der Waals surface area (Å²) >= 11 is 0. The summed E-state index contributed by atoms with van der Waals surface area (Å²) < 4.78 is 29.5. The minimum Gasteiger partial charge on any atom is -0.467 e. The van der Waals surface area contributed by atoms with Gasteiger partial charge in [0, 0.05) is 6.04 Å². The minimum atomic E-state index is -3.25. The lowest BCUT2D eigenvalue weighted by Crippen LogP contribution is -2.48. The van der Waals surface area contributed by atoms with Gasteiger partial charge in [0.05, 0.1) is 24.3 Å². The zero-order chi connectivity index (χ0) is 24.1. The van der Waals surface area contributed by atoms with Gasteiger partial charge in [0.25, 0.3) is 5.91 Å². The van der Waals surface area contributed by atoms with Crippen molar-refractivity contribution < 1.29 is 27.2 Å². The number of fused-ring (bicyclic) bond motifs is 1. The number of hydrogen-bond donors (Lipinski definition) is 1. The Kier molecular flexibility index (Phi) is 5.50. The number of nitrogens with zero attached hydrogens (tertiary/aromatic N) is 2. The Hall–Kier alpha value is -3.14. The van der Waals surface area contributed by atoms with E-state index in [2.05, 4.69) is 5.32 Å². The Labute approximate surface area is 198 Å². The number of hydrogen-bond acceptors (Lipinski definition) is 6. The molecule has 1 aromatic heterocycles. The number of amides is 4. The topological polar surface area (TPSA) is 117 Å². The number of sulfone groups is 1. The third-order valence-corrected chi connectivity index (χ3v) is 8.87. The van der Waals surface area contributed by atoms with Gasteiger partial charge in [-0.2, -0.15) is 0 Å². The highest BCUT2D eigenvalue weighted by Gasteiger charge is 2.50. The fraction of sp³-hybridized carbons (Fsp3) is 0.458. The molecule has 1 N–H and O–H groups in total. The summed E-state index contributed by atoms with van der Waals surface area (Å²) in [4.78, 5) is 41.9. The monoisotopic (exact) mass is 485 g/mol. The lowest BCUT2D eigenvalue weighted by Gasteiger charge is -2.29. The van der Waals surface area contributed by atoms with Crippen LogP contribution in [0.25, 0.3) is 0 Å². The predicted molar refractivity (Wildman–Crippen MR) is 122 cm³/mol. The third-order valence-electron chi connectivity index (χ3n) is 7.12. The zero-order valence-electron chi connectivity index (χ0n) is 19.0. The Balaban J connectivity index is 1.37. The first-order valence-electron chi connectivity index (χ1n) is 11.4. The molecule has 0 saturated carbocycles. The molecule has 1 aromatic carbocycles. The molecule has 1 aliphatic carbocycles. The lowest BCUT2D eigenvalue weighted by molar-refractivity contribution is -0.140. The van der Waals surface area contributed by atoms with Gasteiger partial charge in [0.2, 0.25) is 5.91 Å². The Bertz CT molecular complexity index is 1260. The van der Waals surface area contributed by atoms with Crippen molar-refractivity contribution in [2.24, 2.45) is 0 Å². The fourth-order valence-corrected chi connectivity index (χ4v) is 6.89. The largest absolute Gasteiger partial charge is 0.467 e. The molecule has 10 heteroatoms. The molecule has 5 rings (SSSR count). The highest BCUT2D eigenvalue weighted by Crippen LogP contribution is 2.33. The van der Waals surface area contributed by atoms with Crippen molar-refractivity contribution in [1.29, 1.82) is 0 Å². The maximum absolute atomic E-state index is 13.4. The van der Waals surface area contributed by atoms with Gasteiger partial charge in [-0.05, 0) is 61.4 Å². The smallest absolute Gasteiger partial charge is 0.325 e. The predicted octanol–water partition coefficient (Wildman–Crippen LogP) is 1.75. The van der Waals surface area contributed by atoms with E-state index >= 15 is 0 Å². The molecule has 3 heterocycles. The number of carbonyl (C=O) groups is 3. The Morgan fingerprint density at radius 2 is 2.03 bits per heavy atom. The molecule has 9 nitrogen and oxygen atoms in total. The lowest BCUT2D eigenvalue weighted by atomic mass is 9.89. The average molecular weight is 486 g/mol. The van der Waals surface area contributed by atoms with E-state index in [9.17, 15) is 22.8 Å². The molecule has 0 unspecified atom stereocenters. The highest BCUT2D eigenvalue weighted by molar-refractivity contribution is 7.91. The average Bonchev–Trinajstić information content (AvgIpc) is 3.57. The van der Waals surface area contributed by atoms with Gasteiger partial charge in [-0.25, -0.2) is 13.2 Å². The second-order valence-electron chi connectivity index (χ2n) is 9.44. The second kappa shape index (κ2) is 8.26. The van der Waals surface area contributed by atoms with E-state index in [0.29, 0.717) is 17.7 Å². The standard InChI is InChI=1S/C24H27N3O6S/c1-24(18-8-7-16-4-2-5-17(16)12-18)22(29)27(23(30)25-24)14-21(28)26(13-20-6-3-10-33-20)19-9-11-34(31,32)15-19/h3,6-8,10,12,19H,2,4-5,9,11,13-15H2,1H3,(H,25,30)/t19-,24+/m0/s1. The molecule has 34 heavy (non-hydrogen) atoms. The highest BCUT2D eigenvalue weighted by atomic mass is 32.2. The molecule has 2 aliphatic heterocycles. The van der Waals surface area contributed by atoms with E-state index in [1.165, 1.54) is 22.3 Å². The van der Waals surface area contributed by atoms with Crippen molar-refractivity contribution in [1.82, 2.24) is 15.1 Å². The number of urea groups is 1. The molecular weight excluding hydrogens is 458 g/mol. The molecule has 2 saturated heterocycles. The van der Waals surface area contributed by atoms with Crippen LogP contribution in [-0.4, -0.2) is 60.2 Å². The van der Waals surface area contributed by atoms with Crippen LogP contribution < -0.4 is 5.32 Å². The van der Waals surface area contributed by atoms with Crippen LogP contribution in [-0.2, 0) is 44.4 Å². The maximum Gasteiger partial charge on any atom is 0.325 e. The molecule has 2 atom stereocenters. The Morgan fingerprint density at radius 1 is 1.24 bits per heavy atom. The Morgan fingerprint density at radius 3 is 2.74 bits per heavy atom. The van der Waals surface area contributed by atoms with Gasteiger partial charge >= 0.3 is 6.03 Å². The van der Waals surface area contributed by atoms with Crippen LogP contribution >= 0.6 is 0 Å². The number of nitrogens with one attached hydrogen (secondary N) is 1. The number of benzene rings is 1. The van der Waals surface area contributed by atoms with E-state index in [-0.39, 0.29) is 18.1 Å². The first kappa shape index (κ1) is 22.6. The summed E-state index contributed by atoms with van der Waals surface area (Å²) in [6.45, 7) is 1.25. The quantitative estimate of drug-likeness (QED) is 0.623. The maximum atomic E-state index is 13.4. The molecule has 4 amide bonds. The van der Waals surface area contributed by atoms with Crippen LogP contribution in [0.4, 0.5) is 4.79 Å². The van der Waals surface area contributed by atoms with E-state index in [4.69, 9.17) is 4.42 Å². The summed E-state index contributed by atoms with van der Waals surface area (Å²) in [5, 5.41) is 2.76. The zero-order valence-corrected chi connectivity index (χ0v) is 19.8. The number of rotatable bonds is 6. The molecule has 3 aliphatic rings. The van der Waals surface area contributed by atoms with Crippen molar-refractivity contribution in [2.75, 3.05) is 18.1 Å². The normalized spacial score (nSPS) is 25.4. The minimum absolute atomic E-state index is 0.000861. The third kappa shape index (κ3) is 4.00. The molecule has 0 bridgehead atoms. The van der Waals surface area contributed by atoms with Crippen molar-refractivity contribution in [3.63, 3.8) is 0 Å². The van der Waals surface area contributed by atoms with E-state index in [0.717, 1.165) is 24.2 Å². The van der Waals surface area contributed by atoms with Gasteiger partial charge in [-0.15, -0.1) is 0 Å². The van der Waals surface area contributed by atoms with E-state index in [1.807, 2.05) is 18.2 Å². The summed E-state index contributed by atoms with van der Waals surface area (Å²) in [7, 11) is -3.25. The van der Waals surface area contributed by atoms with Crippen molar-refractivity contribution in [3.05, 3.63) is 59.0 Å². The number of aryl methyl sites for hydroxylation is 2. The van der Waals surface area contributed by atoms with Gasteiger partial charge in [-0.1, -0.05) is 18.2 Å². The van der Waals surface area contributed by atoms with Crippen LogP contribution in [0.15, 0.2) is 41.0 Å². The van der Waals surface area contributed by atoms with E-state index < -0.39 is 45.8 Å². The second-order valence-corrected chi connectivity index (χ2v) is 11.7. The first-order chi connectivity index (χ1) is 16.2. The van der Waals surface area contributed by atoms with E-state index in [1.54, 1.807) is 19.1 Å². The van der Waals surface area contributed by atoms with Gasteiger partial charge in [0.1, 0.15) is 17.8 Å².